The van der Waals surface area contributed by atoms with E-state index in [0.29, 0.717) is 11.5 Å². The molecule has 1 rings (SSSR count). The molecule has 0 aromatic heterocycles. The number of hydrogen-bond donors (Lipinski definition) is 2. The van der Waals surface area contributed by atoms with E-state index in [2.05, 4.69) is 25.1 Å². The predicted octanol–water partition coefficient (Wildman–Crippen LogP) is 3.69. The Labute approximate surface area is 177 Å². The zero-order valence-electron chi connectivity index (χ0n) is 14.3. The summed E-state index contributed by atoms with van der Waals surface area (Å²) >= 11 is 11.8. The molecule has 0 bridgehead atoms. The number of esters is 1. The van der Waals surface area contributed by atoms with Gasteiger partial charge in [-0.15, -0.1) is 24.0 Å². The first-order valence-corrected chi connectivity index (χ1v) is 7.99. The summed E-state index contributed by atoms with van der Waals surface area (Å²) in [5.41, 5.74) is 0.335. The number of nitrogens with zero attached hydrogens (tertiary/aromatic N) is 1. The number of halogens is 5. The number of methoxy groups -OCH3 is 1. The molecule has 1 unspecified atom stereocenters. The van der Waals surface area contributed by atoms with Crippen molar-refractivity contribution < 1.29 is 23.0 Å². The number of ether oxygens (including phenoxy) is 2. The molecule has 0 spiro atoms. The molecule has 26 heavy (non-hydrogen) atoms. The summed E-state index contributed by atoms with van der Waals surface area (Å²) in [4.78, 5) is 15.4. The number of guanidine groups is 1. The molecule has 0 heterocycles. The van der Waals surface area contributed by atoms with Crippen molar-refractivity contribution in [2.75, 3.05) is 20.7 Å². The molecule has 0 amide bonds. The van der Waals surface area contributed by atoms with Gasteiger partial charge in [-0.25, -0.2) is 0 Å². The highest BCUT2D eigenvalue weighted by atomic mass is 127. The Morgan fingerprint density at radius 2 is 1.96 bits per heavy atom. The van der Waals surface area contributed by atoms with Crippen molar-refractivity contribution in [3.8, 4) is 5.75 Å². The Kier molecular flexibility index (Phi) is 11.8. The minimum absolute atomic E-state index is 0. The number of rotatable bonds is 7. The lowest BCUT2D eigenvalue weighted by atomic mass is 10.2. The van der Waals surface area contributed by atoms with Gasteiger partial charge in [0.2, 0.25) is 0 Å². The predicted molar refractivity (Wildman–Crippen MR) is 108 cm³/mol. The fourth-order valence-electron chi connectivity index (χ4n) is 1.90. The molecule has 2 N–H and O–H groups in total. The van der Waals surface area contributed by atoms with Gasteiger partial charge < -0.3 is 20.1 Å². The fourth-order valence-corrected chi connectivity index (χ4v) is 2.48. The lowest BCUT2D eigenvalue weighted by Gasteiger charge is -2.17. The number of benzene rings is 1. The Morgan fingerprint density at radius 1 is 1.31 bits per heavy atom. The summed E-state index contributed by atoms with van der Waals surface area (Å²) < 4.78 is 34.2. The van der Waals surface area contributed by atoms with Crippen LogP contribution in [0.15, 0.2) is 17.1 Å². The molecule has 0 aliphatic heterocycles. The first-order chi connectivity index (χ1) is 11.8. The molecular weight excluding hydrogens is 506 g/mol. The summed E-state index contributed by atoms with van der Waals surface area (Å²) in [5, 5.41) is 6.10. The standard InChI is InChI=1S/C15H19Cl2F2N3O3.HI/c1-8(13(23)24-3)6-21-15(20-2)22-7-9-4-10(16)5-11(17)12(9)25-14(18)19;/h4-5,8,14H,6-7H2,1-3H3,(H2,20,21,22);1H. The fraction of sp³-hybridized carbons (Fsp3) is 0.467. The first kappa shape index (κ1) is 24.9. The second-order valence-electron chi connectivity index (χ2n) is 4.99. The summed E-state index contributed by atoms with van der Waals surface area (Å²) in [7, 11) is 2.83. The van der Waals surface area contributed by atoms with E-state index in [9.17, 15) is 13.6 Å². The van der Waals surface area contributed by atoms with Gasteiger partial charge in [-0.3, -0.25) is 9.79 Å². The number of nitrogens with one attached hydrogen (secondary N) is 2. The van der Waals surface area contributed by atoms with Crippen LogP contribution in [0.1, 0.15) is 12.5 Å². The largest absolute Gasteiger partial charge is 0.469 e. The molecule has 148 valence electrons. The summed E-state index contributed by atoms with van der Waals surface area (Å²) in [6, 6.07) is 2.78. The molecule has 1 aromatic rings. The maximum Gasteiger partial charge on any atom is 0.387 e. The maximum atomic E-state index is 12.6. The molecule has 0 aliphatic rings. The molecule has 0 aliphatic carbocycles. The highest BCUT2D eigenvalue weighted by Crippen LogP contribution is 2.33. The third-order valence-electron chi connectivity index (χ3n) is 3.14. The normalized spacial score (nSPS) is 12.2. The third-order valence-corrected chi connectivity index (χ3v) is 3.64. The third kappa shape index (κ3) is 8.09. The van der Waals surface area contributed by atoms with E-state index < -0.39 is 6.61 Å². The highest BCUT2D eigenvalue weighted by Gasteiger charge is 2.16. The lowest BCUT2D eigenvalue weighted by Crippen LogP contribution is -2.40. The maximum absolute atomic E-state index is 12.6. The average Bonchev–Trinajstić information content (AvgIpc) is 2.56. The smallest absolute Gasteiger partial charge is 0.387 e. The van der Waals surface area contributed by atoms with Crippen molar-refractivity contribution in [1.82, 2.24) is 10.6 Å². The minimum atomic E-state index is -3.02. The van der Waals surface area contributed by atoms with Crippen molar-refractivity contribution in [3.05, 3.63) is 27.7 Å². The summed E-state index contributed by atoms with van der Waals surface area (Å²) in [6.45, 7) is -0.967. The molecule has 0 saturated heterocycles. The van der Waals surface area contributed by atoms with Gasteiger partial charge in [-0.05, 0) is 12.1 Å². The van der Waals surface area contributed by atoms with Gasteiger partial charge in [0, 0.05) is 30.7 Å². The summed E-state index contributed by atoms with van der Waals surface area (Å²) in [5.74, 6) is -0.555. The van der Waals surface area contributed by atoms with Crippen LogP contribution in [0.25, 0.3) is 0 Å². The molecule has 0 fully saturated rings. The lowest BCUT2D eigenvalue weighted by molar-refractivity contribution is -0.144. The van der Waals surface area contributed by atoms with Crippen LogP contribution in [0.3, 0.4) is 0 Å². The second-order valence-corrected chi connectivity index (χ2v) is 5.83. The Balaban J connectivity index is 0.00000625. The van der Waals surface area contributed by atoms with E-state index in [1.165, 1.54) is 26.3 Å². The molecule has 11 heteroatoms. The van der Waals surface area contributed by atoms with Crippen molar-refractivity contribution in [3.63, 3.8) is 0 Å². The molecule has 1 aromatic carbocycles. The van der Waals surface area contributed by atoms with Crippen LogP contribution >= 0.6 is 47.2 Å². The van der Waals surface area contributed by atoms with Gasteiger partial charge in [0.25, 0.3) is 0 Å². The van der Waals surface area contributed by atoms with E-state index in [-0.39, 0.29) is 64.7 Å². The van der Waals surface area contributed by atoms with Gasteiger partial charge in [-0.2, -0.15) is 8.78 Å². The van der Waals surface area contributed by atoms with Crippen LogP contribution in [0.5, 0.6) is 5.75 Å². The summed E-state index contributed by atoms with van der Waals surface area (Å²) in [6.07, 6.45) is 0. The van der Waals surface area contributed by atoms with Crippen LogP contribution in [0.4, 0.5) is 8.78 Å². The van der Waals surface area contributed by atoms with Crippen molar-refractivity contribution in [1.29, 1.82) is 0 Å². The van der Waals surface area contributed by atoms with Gasteiger partial charge in [0.15, 0.2) is 5.96 Å². The monoisotopic (exact) mass is 525 g/mol. The number of hydrogen-bond acceptors (Lipinski definition) is 4. The number of carbonyl (C=O) groups is 1. The molecule has 1 atom stereocenters. The number of alkyl halides is 2. The second kappa shape index (κ2) is 12.3. The highest BCUT2D eigenvalue weighted by molar-refractivity contribution is 14.0. The van der Waals surface area contributed by atoms with Gasteiger partial charge in [-0.1, -0.05) is 30.1 Å². The zero-order valence-corrected chi connectivity index (χ0v) is 18.2. The first-order valence-electron chi connectivity index (χ1n) is 7.23. The van der Waals surface area contributed by atoms with Crippen LogP contribution in [-0.2, 0) is 16.1 Å². The van der Waals surface area contributed by atoms with Crippen molar-refractivity contribution >= 4 is 59.1 Å². The molecular formula is C15H20Cl2F2IN3O3. The SMILES string of the molecule is CN=C(NCc1cc(Cl)cc(Cl)c1OC(F)F)NCC(C)C(=O)OC.I. The minimum Gasteiger partial charge on any atom is -0.469 e. The van der Waals surface area contributed by atoms with E-state index in [4.69, 9.17) is 23.2 Å². The van der Waals surface area contributed by atoms with Gasteiger partial charge in [0.1, 0.15) is 5.75 Å². The zero-order chi connectivity index (χ0) is 19.0. The van der Waals surface area contributed by atoms with Crippen molar-refractivity contribution in [2.45, 2.75) is 20.1 Å². The van der Waals surface area contributed by atoms with Crippen LogP contribution in [0.2, 0.25) is 10.0 Å². The molecule has 0 radical (unpaired) electrons. The van der Waals surface area contributed by atoms with Crippen LogP contribution < -0.4 is 15.4 Å². The van der Waals surface area contributed by atoms with Gasteiger partial charge >= 0.3 is 12.6 Å². The van der Waals surface area contributed by atoms with E-state index in [1.54, 1.807) is 6.92 Å². The molecule has 6 nitrogen and oxygen atoms in total. The molecule has 0 saturated carbocycles. The van der Waals surface area contributed by atoms with E-state index in [1.807, 2.05) is 0 Å². The number of carbonyl (C=O) groups excluding carboxylic acids is 1. The van der Waals surface area contributed by atoms with E-state index in [0.717, 1.165) is 0 Å². The Hall–Kier alpha value is -1.07. The van der Waals surface area contributed by atoms with Gasteiger partial charge in [0.05, 0.1) is 18.1 Å². The number of aliphatic imine (C=N–C) groups is 1. The average molecular weight is 526 g/mol. The van der Waals surface area contributed by atoms with E-state index >= 15 is 0 Å². The van der Waals surface area contributed by atoms with Crippen molar-refractivity contribution in [2.24, 2.45) is 10.9 Å². The van der Waals surface area contributed by atoms with Crippen LogP contribution in [0, 0.1) is 5.92 Å². The quantitative estimate of drug-likeness (QED) is 0.246. The Morgan fingerprint density at radius 3 is 2.50 bits per heavy atom. The van der Waals surface area contributed by atoms with Crippen LogP contribution in [-0.4, -0.2) is 39.2 Å². The Bertz CT molecular complexity index is 636. The topological polar surface area (TPSA) is 72.0 Å².